The normalized spacial score (nSPS) is 11.4. The summed E-state index contributed by atoms with van der Waals surface area (Å²) < 4.78 is 9.89. The van der Waals surface area contributed by atoms with Gasteiger partial charge in [0.2, 0.25) is 0 Å². The number of hydrogen-bond donors (Lipinski definition) is 0. The van der Waals surface area contributed by atoms with Gasteiger partial charge in [0, 0.05) is 23.8 Å². The molecule has 0 aliphatic heterocycles. The number of fused-ring (bicyclic) bond motifs is 1. The fourth-order valence-corrected chi connectivity index (χ4v) is 2.54. The molecule has 4 heteroatoms. The molecule has 0 unspecified atom stereocenters. The molecule has 0 spiro atoms. The third-order valence-corrected chi connectivity index (χ3v) is 3.60. The molecule has 0 bridgehead atoms. The Kier molecular flexibility index (Phi) is 3.69. The lowest BCUT2D eigenvalue weighted by Gasteiger charge is -2.07. The van der Waals surface area contributed by atoms with E-state index >= 15 is 0 Å². The van der Waals surface area contributed by atoms with Crippen LogP contribution < -0.4 is 4.74 Å². The van der Waals surface area contributed by atoms with E-state index in [4.69, 9.17) is 4.74 Å². The van der Waals surface area contributed by atoms with Crippen molar-refractivity contribution >= 4 is 10.9 Å². The second kappa shape index (κ2) is 5.64. The predicted molar refractivity (Wildman–Crippen MR) is 84.8 cm³/mol. The van der Waals surface area contributed by atoms with Gasteiger partial charge in [-0.3, -0.25) is 4.68 Å². The standard InChI is InChI=1S/C17H21N3O/c1-4-21-17-7-5-6-16-15(17)9-10-19(16)12-14-8-11-20(18-14)13(2)3/h5-11,13H,4,12H2,1-3H3. The molecule has 0 radical (unpaired) electrons. The largest absolute Gasteiger partial charge is 0.493 e. The van der Waals surface area contributed by atoms with Crippen molar-refractivity contribution in [1.82, 2.24) is 14.3 Å². The summed E-state index contributed by atoms with van der Waals surface area (Å²) in [6, 6.07) is 10.8. The van der Waals surface area contributed by atoms with Crippen LogP contribution in [0.1, 0.15) is 32.5 Å². The third kappa shape index (κ3) is 2.66. The molecule has 21 heavy (non-hydrogen) atoms. The molecule has 0 N–H and O–H groups in total. The quantitative estimate of drug-likeness (QED) is 0.712. The summed E-state index contributed by atoms with van der Waals surface area (Å²) in [5.41, 5.74) is 2.25. The fraction of sp³-hybridized carbons (Fsp3) is 0.353. The zero-order chi connectivity index (χ0) is 14.8. The van der Waals surface area contributed by atoms with Gasteiger partial charge in [-0.25, -0.2) is 0 Å². The van der Waals surface area contributed by atoms with Crippen LogP contribution in [0.2, 0.25) is 0 Å². The monoisotopic (exact) mass is 283 g/mol. The van der Waals surface area contributed by atoms with E-state index in [1.54, 1.807) is 0 Å². The van der Waals surface area contributed by atoms with Crippen molar-refractivity contribution in [3.8, 4) is 5.75 Å². The predicted octanol–water partition coefficient (Wildman–Crippen LogP) is 3.87. The molecule has 0 saturated carbocycles. The van der Waals surface area contributed by atoms with Crippen LogP contribution in [-0.2, 0) is 6.54 Å². The second-order valence-electron chi connectivity index (χ2n) is 5.45. The molecule has 0 atom stereocenters. The minimum atomic E-state index is 0.393. The lowest BCUT2D eigenvalue weighted by molar-refractivity contribution is 0.344. The molecule has 0 saturated heterocycles. The summed E-state index contributed by atoms with van der Waals surface area (Å²) in [6.45, 7) is 7.74. The number of nitrogens with zero attached hydrogens (tertiary/aromatic N) is 3. The van der Waals surface area contributed by atoms with Gasteiger partial charge in [0.05, 0.1) is 24.4 Å². The van der Waals surface area contributed by atoms with Gasteiger partial charge in [-0.1, -0.05) is 6.07 Å². The number of benzene rings is 1. The molecule has 3 aromatic rings. The van der Waals surface area contributed by atoms with E-state index in [9.17, 15) is 0 Å². The van der Waals surface area contributed by atoms with Crippen molar-refractivity contribution in [3.63, 3.8) is 0 Å². The molecule has 0 fully saturated rings. The molecule has 110 valence electrons. The summed E-state index contributed by atoms with van der Waals surface area (Å²) in [6.07, 6.45) is 4.14. The lowest BCUT2D eigenvalue weighted by atomic mass is 10.2. The first-order valence-corrected chi connectivity index (χ1v) is 7.43. The Bertz CT molecular complexity index is 739. The van der Waals surface area contributed by atoms with Gasteiger partial charge in [0.25, 0.3) is 0 Å². The minimum absolute atomic E-state index is 0.393. The van der Waals surface area contributed by atoms with E-state index < -0.39 is 0 Å². The zero-order valence-corrected chi connectivity index (χ0v) is 12.8. The maximum Gasteiger partial charge on any atom is 0.128 e. The van der Waals surface area contributed by atoms with Crippen LogP contribution in [0, 0.1) is 0 Å². The number of rotatable bonds is 5. The van der Waals surface area contributed by atoms with Gasteiger partial charge in [-0.2, -0.15) is 5.10 Å². The molecule has 4 nitrogen and oxygen atoms in total. The summed E-state index contributed by atoms with van der Waals surface area (Å²) in [4.78, 5) is 0. The van der Waals surface area contributed by atoms with E-state index in [0.29, 0.717) is 12.6 Å². The van der Waals surface area contributed by atoms with Crippen LogP contribution in [0.15, 0.2) is 42.7 Å². The smallest absolute Gasteiger partial charge is 0.128 e. The summed E-state index contributed by atoms with van der Waals surface area (Å²) in [7, 11) is 0. The molecule has 0 aliphatic carbocycles. The van der Waals surface area contributed by atoms with Crippen LogP contribution in [0.3, 0.4) is 0 Å². The Morgan fingerprint density at radius 3 is 2.71 bits per heavy atom. The molecule has 1 aromatic carbocycles. The Labute approximate surface area is 124 Å². The van der Waals surface area contributed by atoms with Crippen LogP contribution in [0.25, 0.3) is 10.9 Å². The highest BCUT2D eigenvalue weighted by Crippen LogP contribution is 2.27. The average Bonchev–Trinajstić information content (AvgIpc) is 3.08. The average molecular weight is 283 g/mol. The first kappa shape index (κ1) is 13.7. The molecule has 3 rings (SSSR count). The van der Waals surface area contributed by atoms with Gasteiger partial charge in [0.1, 0.15) is 5.75 Å². The van der Waals surface area contributed by atoms with Crippen LogP contribution in [0.5, 0.6) is 5.75 Å². The van der Waals surface area contributed by atoms with E-state index in [0.717, 1.165) is 23.4 Å². The SMILES string of the molecule is CCOc1cccc2c1ccn2Cc1ccn(C(C)C)n1. The molecular weight excluding hydrogens is 262 g/mol. The number of ether oxygens (including phenoxy) is 1. The minimum Gasteiger partial charge on any atom is -0.493 e. The van der Waals surface area contributed by atoms with Gasteiger partial charge in [0.15, 0.2) is 0 Å². The van der Waals surface area contributed by atoms with Crippen LogP contribution in [0.4, 0.5) is 0 Å². The molecular formula is C17H21N3O. The topological polar surface area (TPSA) is 32.0 Å². The zero-order valence-electron chi connectivity index (χ0n) is 12.8. The first-order valence-electron chi connectivity index (χ1n) is 7.43. The molecule has 2 heterocycles. The maximum atomic E-state index is 5.69. The van der Waals surface area contributed by atoms with Crippen LogP contribution in [-0.4, -0.2) is 21.0 Å². The third-order valence-electron chi connectivity index (χ3n) is 3.60. The van der Waals surface area contributed by atoms with Crippen molar-refractivity contribution in [2.24, 2.45) is 0 Å². The number of aromatic nitrogens is 3. The molecule has 0 aliphatic rings. The van der Waals surface area contributed by atoms with Crippen molar-refractivity contribution in [2.45, 2.75) is 33.4 Å². The van der Waals surface area contributed by atoms with E-state index in [1.807, 2.05) is 29.9 Å². The Hall–Kier alpha value is -2.23. The highest BCUT2D eigenvalue weighted by atomic mass is 16.5. The van der Waals surface area contributed by atoms with E-state index in [2.05, 4.69) is 47.9 Å². The van der Waals surface area contributed by atoms with Gasteiger partial charge < -0.3 is 9.30 Å². The molecule has 0 amide bonds. The summed E-state index contributed by atoms with van der Waals surface area (Å²) in [5, 5.41) is 5.77. The number of hydrogen-bond acceptors (Lipinski definition) is 2. The Balaban J connectivity index is 1.92. The second-order valence-corrected chi connectivity index (χ2v) is 5.45. The van der Waals surface area contributed by atoms with Crippen molar-refractivity contribution < 1.29 is 4.74 Å². The van der Waals surface area contributed by atoms with Gasteiger partial charge >= 0.3 is 0 Å². The van der Waals surface area contributed by atoms with E-state index in [1.165, 1.54) is 5.52 Å². The van der Waals surface area contributed by atoms with Gasteiger partial charge in [-0.15, -0.1) is 0 Å². The Morgan fingerprint density at radius 2 is 2.00 bits per heavy atom. The first-order chi connectivity index (χ1) is 10.2. The van der Waals surface area contributed by atoms with Gasteiger partial charge in [-0.05, 0) is 45.0 Å². The Morgan fingerprint density at radius 1 is 1.14 bits per heavy atom. The maximum absolute atomic E-state index is 5.69. The highest BCUT2D eigenvalue weighted by Gasteiger charge is 2.08. The molecule has 2 aromatic heterocycles. The van der Waals surface area contributed by atoms with Crippen molar-refractivity contribution in [2.75, 3.05) is 6.61 Å². The summed E-state index contributed by atoms with van der Waals surface area (Å²) in [5.74, 6) is 0.946. The highest BCUT2D eigenvalue weighted by molar-refractivity contribution is 5.86. The lowest BCUT2D eigenvalue weighted by Crippen LogP contribution is -2.04. The van der Waals surface area contributed by atoms with Crippen LogP contribution >= 0.6 is 0 Å². The summed E-state index contributed by atoms with van der Waals surface area (Å²) >= 11 is 0. The van der Waals surface area contributed by atoms with Crippen molar-refractivity contribution in [1.29, 1.82) is 0 Å². The fourth-order valence-electron chi connectivity index (χ4n) is 2.54. The van der Waals surface area contributed by atoms with E-state index in [-0.39, 0.29) is 0 Å². The van der Waals surface area contributed by atoms with Crippen molar-refractivity contribution in [3.05, 3.63) is 48.4 Å².